The van der Waals surface area contributed by atoms with E-state index >= 15 is 0 Å². The monoisotopic (exact) mass is 326 g/mol. The number of ether oxygens (including phenoxy) is 3. The predicted octanol–water partition coefficient (Wildman–Crippen LogP) is 3.82. The fraction of sp³-hybridized carbons (Fsp3) is 0.684. The summed E-state index contributed by atoms with van der Waals surface area (Å²) in [6.45, 7) is 3.56. The Hall–Kier alpha value is -0.940. The summed E-state index contributed by atoms with van der Waals surface area (Å²) in [4.78, 5) is 0. The van der Waals surface area contributed by atoms with Crippen LogP contribution in [0.2, 0.25) is 0 Å². The highest BCUT2D eigenvalue weighted by Gasteiger charge is 1.92. The highest BCUT2D eigenvalue weighted by atomic mass is 16.5. The number of hydrogen-bond acceptors (Lipinski definition) is 4. The molecule has 0 amide bonds. The maximum atomic E-state index is 8.32. The molecule has 0 heterocycles. The van der Waals surface area contributed by atoms with Gasteiger partial charge in [0.05, 0.1) is 6.61 Å². The van der Waals surface area contributed by atoms with Crippen LogP contribution in [-0.2, 0) is 20.8 Å². The van der Waals surface area contributed by atoms with E-state index in [9.17, 15) is 0 Å². The van der Waals surface area contributed by atoms with Crippen LogP contribution in [0.1, 0.15) is 44.1 Å². The number of aliphatic hydroxyl groups is 1. The van der Waals surface area contributed by atoms with Gasteiger partial charge >= 0.3 is 0 Å². The smallest absolute Gasteiger partial charge is 0.0716 e. The first-order valence-electron chi connectivity index (χ1n) is 8.55. The van der Waals surface area contributed by atoms with Crippen LogP contribution < -0.4 is 0 Å². The number of methoxy groups -OCH3 is 2. The summed E-state index contributed by atoms with van der Waals surface area (Å²) in [6, 6.07) is 10.3. The molecule has 4 heteroatoms. The van der Waals surface area contributed by atoms with E-state index in [0.29, 0.717) is 6.61 Å². The second-order valence-corrected chi connectivity index (χ2v) is 5.37. The zero-order valence-electron chi connectivity index (χ0n) is 14.8. The molecule has 0 saturated carbocycles. The van der Waals surface area contributed by atoms with Gasteiger partial charge in [-0.15, -0.1) is 0 Å². The molecule has 0 atom stereocenters. The molecule has 4 nitrogen and oxygen atoms in total. The number of rotatable bonds is 13. The lowest BCUT2D eigenvalue weighted by Gasteiger charge is -2.04. The quantitative estimate of drug-likeness (QED) is 0.560. The van der Waals surface area contributed by atoms with Crippen molar-refractivity contribution >= 4 is 0 Å². The van der Waals surface area contributed by atoms with Crippen LogP contribution in [0.4, 0.5) is 0 Å². The average Bonchev–Trinajstić information content (AvgIpc) is 2.60. The Bertz CT molecular complexity index is 310. The lowest BCUT2D eigenvalue weighted by Crippen LogP contribution is -1.96. The van der Waals surface area contributed by atoms with Gasteiger partial charge < -0.3 is 19.3 Å². The molecule has 0 aromatic heterocycles. The van der Waals surface area contributed by atoms with Crippen LogP contribution in [0.5, 0.6) is 0 Å². The molecule has 0 saturated heterocycles. The summed E-state index contributed by atoms with van der Waals surface area (Å²) in [6.07, 6.45) is 6.48. The minimum absolute atomic E-state index is 0.309. The molecule has 0 radical (unpaired) electrons. The van der Waals surface area contributed by atoms with E-state index in [1.165, 1.54) is 12.0 Å². The van der Waals surface area contributed by atoms with Crippen LogP contribution in [0, 0.1) is 0 Å². The Labute approximate surface area is 141 Å². The minimum Gasteiger partial charge on any atom is -0.396 e. The summed E-state index contributed by atoms with van der Waals surface area (Å²) < 4.78 is 15.3. The SMILES string of the molecule is COCCCCCO.COCCCCCOCc1ccccc1. The van der Waals surface area contributed by atoms with E-state index in [0.717, 1.165) is 58.5 Å². The third-order valence-corrected chi connectivity index (χ3v) is 3.26. The van der Waals surface area contributed by atoms with Crippen molar-refractivity contribution in [3.05, 3.63) is 35.9 Å². The standard InChI is InChI=1S/C13H20O2.C6H14O2/c1-14-10-6-3-7-11-15-12-13-8-4-2-5-9-13;1-8-6-4-2-3-5-7/h2,4-5,8-9H,3,6-7,10-12H2,1H3;7H,2-6H2,1H3. The molecule has 1 aromatic carbocycles. The van der Waals surface area contributed by atoms with Crippen LogP contribution in [-0.4, -0.2) is 45.8 Å². The third kappa shape index (κ3) is 17.2. The lowest BCUT2D eigenvalue weighted by atomic mass is 10.2. The van der Waals surface area contributed by atoms with Crippen molar-refractivity contribution in [3.63, 3.8) is 0 Å². The van der Waals surface area contributed by atoms with Crippen molar-refractivity contribution in [1.29, 1.82) is 0 Å². The maximum Gasteiger partial charge on any atom is 0.0716 e. The van der Waals surface area contributed by atoms with Gasteiger partial charge in [0, 0.05) is 40.6 Å². The van der Waals surface area contributed by atoms with Crippen LogP contribution in [0.3, 0.4) is 0 Å². The molecule has 0 aliphatic rings. The normalized spacial score (nSPS) is 10.2. The summed E-state index contributed by atoms with van der Waals surface area (Å²) in [5.41, 5.74) is 1.24. The predicted molar refractivity (Wildman–Crippen MR) is 94.6 cm³/mol. The number of unbranched alkanes of at least 4 members (excludes halogenated alkanes) is 4. The first-order valence-corrected chi connectivity index (χ1v) is 8.55. The highest BCUT2D eigenvalue weighted by molar-refractivity contribution is 5.13. The van der Waals surface area contributed by atoms with Gasteiger partial charge in [-0.2, -0.15) is 0 Å². The highest BCUT2D eigenvalue weighted by Crippen LogP contribution is 2.02. The molecule has 0 spiro atoms. The van der Waals surface area contributed by atoms with Gasteiger partial charge in [-0.25, -0.2) is 0 Å². The van der Waals surface area contributed by atoms with E-state index in [1.54, 1.807) is 14.2 Å². The molecule has 0 bridgehead atoms. The number of aliphatic hydroxyl groups excluding tert-OH is 1. The van der Waals surface area contributed by atoms with Gasteiger partial charge in [-0.3, -0.25) is 0 Å². The Kier molecular flexibility index (Phi) is 18.3. The van der Waals surface area contributed by atoms with Gasteiger partial charge in [0.25, 0.3) is 0 Å². The first-order chi connectivity index (χ1) is 11.3. The molecule has 134 valence electrons. The van der Waals surface area contributed by atoms with E-state index in [-0.39, 0.29) is 0 Å². The molecule has 1 N–H and O–H groups in total. The summed E-state index contributed by atoms with van der Waals surface area (Å²) in [5, 5.41) is 8.32. The maximum absolute atomic E-state index is 8.32. The number of benzene rings is 1. The average molecular weight is 326 g/mol. The van der Waals surface area contributed by atoms with Gasteiger partial charge in [0.2, 0.25) is 0 Å². The first kappa shape index (κ1) is 22.1. The summed E-state index contributed by atoms with van der Waals surface area (Å²) in [5.74, 6) is 0. The summed E-state index contributed by atoms with van der Waals surface area (Å²) in [7, 11) is 3.44. The lowest BCUT2D eigenvalue weighted by molar-refractivity contribution is 0.114. The fourth-order valence-electron chi connectivity index (χ4n) is 1.93. The molecule has 0 aliphatic heterocycles. The Morgan fingerprint density at radius 2 is 1.30 bits per heavy atom. The molecule has 0 aliphatic carbocycles. The second kappa shape index (κ2) is 19.1. The van der Waals surface area contributed by atoms with E-state index in [2.05, 4.69) is 12.1 Å². The van der Waals surface area contributed by atoms with Crippen LogP contribution in [0.15, 0.2) is 30.3 Å². The molecule has 0 fully saturated rings. The van der Waals surface area contributed by atoms with Crippen molar-refractivity contribution in [2.75, 3.05) is 40.6 Å². The van der Waals surface area contributed by atoms with E-state index in [1.807, 2.05) is 18.2 Å². The molecule has 0 unspecified atom stereocenters. The summed E-state index contributed by atoms with van der Waals surface area (Å²) >= 11 is 0. The van der Waals surface area contributed by atoms with Gasteiger partial charge in [0.15, 0.2) is 0 Å². The van der Waals surface area contributed by atoms with Crippen molar-refractivity contribution in [3.8, 4) is 0 Å². The number of hydrogen-bond donors (Lipinski definition) is 1. The van der Waals surface area contributed by atoms with E-state index in [4.69, 9.17) is 19.3 Å². The Morgan fingerprint density at radius 1 is 0.739 bits per heavy atom. The van der Waals surface area contributed by atoms with Crippen molar-refractivity contribution < 1.29 is 19.3 Å². The topological polar surface area (TPSA) is 47.9 Å². The van der Waals surface area contributed by atoms with E-state index < -0.39 is 0 Å². The molecule has 1 aromatic rings. The zero-order chi connectivity index (χ0) is 17.0. The largest absolute Gasteiger partial charge is 0.396 e. The van der Waals surface area contributed by atoms with Crippen LogP contribution in [0.25, 0.3) is 0 Å². The van der Waals surface area contributed by atoms with Crippen molar-refractivity contribution in [1.82, 2.24) is 0 Å². The molecular formula is C19H34O4. The van der Waals surface area contributed by atoms with Gasteiger partial charge in [0.1, 0.15) is 0 Å². The Balaban J connectivity index is 0.000000515. The van der Waals surface area contributed by atoms with Gasteiger partial charge in [-0.05, 0) is 44.1 Å². The molecule has 1 rings (SSSR count). The van der Waals surface area contributed by atoms with Crippen molar-refractivity contribution in [2.24, 2.45) is 0 Å². The van der Waals surface area contributed by atoms with Crippen LogP contribution >= 0.6 is 0 Å². The Morgan fingerprint density at radius 3 is 1.87 bits per heavy atom. The minimum atomic E-state index is 0.309. The fourth-order valence-corrected chi connectivity index (χ4v) is 1.93. The second-order valence-electron chi connectivity index (χ2n) is 5.37. The van der Waals surface area contributed by atoms with Gasteiger partial charge in [-0.1, -0.05) is 30.3 Å². The zero-order valence-corrected chi connectivity index (χ0v) is 14.8. The molecule has 23 heavy (non-hydrogen) atoms. The third-order valence-electron chi connectivity index (χ3n) is 3.26. The van der Waals surface area contributed by atoms with Crippen molar-refractivity contribution in [2.45, 2.75) is 45.1 Å². The molecular weight excluding hydrogens is 292 g/mol.